The number of ether oxygens (including phenoxy) is 2. The number of unbranched alkanes of at least 4 members (excludes halogenated alkanes) is 6. The van der Waals surface area contributed by atoms with Crippen molar-refractivity contribution in [2.24, 2.45) is 0 Å². The minimum atomic E-state index is -3.09. The Morgan fingerprint density at radius 3 is 2.42 bits per heavy atom. The topological polar surface area (TPSA) is 38.7 Å². The highest BCUT2D eigenvalue weighted by Crippen LogP contribution is 2.26. The highest BCUT2D eigenvalue weighted by molar-refractivity contribution is 5.38. The van der Waals surface area contributed by atoms with E-state index >= 15 is 0 Å². The first-order valence-corrected chi connectivity index (χ1v) is 9.29. The minimum absolute atomic E-state index is 0.00553. The Morgan fingerprint density at radius 1 is 1.08 bits per heavy atom. The normalized spacial score (nSPS) is 12.3. The lowest BCUT2D eigenvalue weighted by Gasteiger charge is -2.13. The van der Waals surface area contributed by atoms with Crippen LogP contribution in [0.5, 0.6) is 5.75 Å². The van der Waals surface area contributed by atoms with Crippen molar-refractivity contribution in [2.75, 3.05) is 13.9 Å². The highest BCUT2D eigenvalue weighted by Gasteiger charge is 2.25. The Balaban J connectivity index is 2.50. The summed E-state index contributed by atoms with van der Waals surface area (Å²) >= 11 is 0. The third kappa shape index (κ3) is 9.17. The fourth-order valence-corrected chi connectivity index (χ4v) is 2.58. The number of aliphatic hydroxyl groups excluding tert-OH is 1. The lowest BCUT2D eigenvalue weighted by atomic mass is 10.0. The molecule has 0 aliphatic carbocycles. The molecule has 1 N–H and O–H groups in total. The maximum Gasteiger partial charge on any atom is 0.308 e. The monoisotopic (exact) mass is 368 g/mol. The van der Waals surface area contributed by atoms with Gasteiger partial charge in [-0.25, -0.2) is 0 Å². The molecule has 0 aliphatic rings. The molecule has 5 heteroatoms. The quantitative estimate of drug-likeness (QED) is 0.301. The van der Waals surface area contributed by atoms with Crippen LogP contribution in [-0.4, -0.2) is 24.9 Å². The second-order valence-corrected chi connectivity index (χ2v) is 6.34. The van der Waals surface area contributed by atoms with E-state index in [1.54, 1.807) is 24.3 Å². The molecule has 0 bridgehead atoms. The molecule has 0 saturated heterocycles. The molecule has 26 heavy (non-hydrogen) atoms. The van der Waals surface area contributed by atoms with Crippen molar-refractivity contribution < 1.29 is 23.4 Å². The zero-order chi connectivity index (χ0) is 19.3. The summed E-state index contributed by atoms with van der Waals surface area (Å²) in [5.41, 5.74) is 0.351. The lowest BCUT2D eigenvalue weighted by molar-refractivity contribution is 0.0484. The van der Waals surface area contributed by atoms with Gasteiger partial charge in [-0.2, -0.15) is 8.78 Å². The zero-order valence-electron chi connectivity index (χ0n) is 15.8. The summed E-state index contributed by atoms with van der Waals surface area (Å²) < 4.78 is 37.9. The highest BCUT2D eigenvalue weighted by atomic mass is 19.3. The van der Waals surface area contributed by atoms with E-state index in [1.807, 2.05) is 5.92 Å². The fourth-order valence-electron chi connectivity index (χ4n) is 2.58. The molecule has 0 radical (unpaired) electrons. The summed E-state index contributed by atoms with van der Waals surface area (Å²) in [4.78, 5) is 0. The molecule has 0 fully saturated rings. The van der Waals surface area contributed by atoms with Crippen LogP contribution in [0.25, 0.3) is 0 Å². The molecule has 0 amide bonds. The third-order valence-electron chi connectivity index (χ3n) is 4.03. The van der Waals surface area contributed by atoms with Gasteiger partial charge in [0, 0.05) is 19.1 Å². The number of halogens is 2. The van der Waals surface area contributed by atoms with Crippen LogP contribution in [0, 0.1) is 11.8 Å². The van der Waals surface area contributed by atoms with Crippen LogP contribution < -0.4 is 4.74 Å². The van der Waals surface area contributed by atoms with Gasteiger partial charge in [-0.05, 0) is 18.4 Å². The smallest absolute Gasteiger partial charge is 0.308 e. The fraction of sp³-hybridized carbons (Fsp3) is 0.619. The molecule has 1 unspecified atom stereocenters. The maximum absolute atomic E-state index is 13.9. The van der Waals surface area contributed by atoms with Crippen LogP contribution in [0.3, 0.4) is 0 Å². The van der Waals surface area contributed by atoms with E-state index in [-0.39, 0.29) is 13.2 Å². The molecule has 3 nitrogen and oxygen atoms in total. The summed E-state index contributed by atoms with van der Waals surface area (Å²) in [6.45, 7) is 2.15. The van der Waals surface area contributed by atoms with Crippen LogP contribution in [0.2, 0.25) is 0 Å². The Bertz CT molecular complexity index is 564. The van der Waals surface area contributed by atoms with Crippen LogP contribution in [0.15, 0.2) is 24.3 Å². The molecule has 0 aliphatic heterocycles. The summed E-state index contributed by atoms with van der Waals surface area (Å²) in [5, 5.41) is 10.1. The Kier molecular flexibility index (Phi) is 10.9. The molecule has 0 spiro atoms. The van der Waals surface area contributed by atoms with E-state index in [9.17, 15) is 13.9 Å². The molecule has 0 saturated carbocycles. The van der Waals surface area contributed by atoms with E-state index in [0.29, 0.717) is 17.7 Å². The van der Waals surface area contributed by atoms with Crippen molar-refractivity contribution >= 4 is 0 Å². The number of benzene rings is 1. The van der Waals surface area contributed by atoms with Gasteiger partial charge < -0.3 is 14.6 Å². The minimum Gasteiger partial charge on any atom is -0.467 e. The first-order chi connectivity index (χ1) is 12.5. The number of rotatable bonds is 12. The van der Waals surface area contributed by atoms with Gasteiger partial charge in [0.05, 0.1) is 0 Å². The average Bonchev–Trinajstić information content (AvgIpc) is 2.64. The van der Waals surface area contributed by atoms with Crippen molar-refractivity contribution in [1.82, 2.24) is 0 Å². The maximum atomic E-state index is 13.9. The number of hydrogen-bond donors (Lipinski definition) is 1. The van der Waals surface area contributed by atoms with Crippen molar-refractivity contribution in [3.05, 3.63) is 29.8 Å². The largest absolute Gasteiger partial charge is 0.467 e. The number of hydrogen-bond acceptors (Lipinski definition) is 3. The Hall–Kier alpha value is -1.64. The van der Waals surface area contributed by atoms with E-state index in [4.69, 9.17) is 9.47 Å². The molecule has 0 aromatic heterocycles. The number of methoxy groups -OCH3 is 1. The van der Waals surface area contributed by atoms with Crippen molar-refractivity contribution in [3.8, 4) is 17.6 Å². The standard InChI is InChI=1S/C21H30F2O3/c1-3-4-5-6-7-8-11-15-21(22,23)16-14-19(24)18-12-9-10-13-20(18)26-17-25-2/h9-10,12-13,19,24H,3-8,11,15,17H2,1-2H3. The molecule has 1 aromatic rings. The van der Waals surface area contributed by atoms with E-state index in [0.717, 1.165) is 19.3 Å². The Labute approximate surface area is 155 Å². The van der Waals surface area contributed by atoms with E-state index in [1.165, 1.54) is 26.4 Å². The first-order valence-electron chi connectivity index (χ1n) is 9.29. The predicted molar refractivity (Wildman–Crippen MR) is 99.2 cm³/mol. The van der Waals surface area contributed by atoms with Crippen molar-refractivity contribution in [3.63, 3.8) is 0 Å². The van der Waals surface area contributed by atoms with Gasteiger partial charge in [0.25, 0.3) is 0 Å². The second kappa shape index (κ2) is 12.7. The van der Waals surface area contributed by atoms with E-state index < -0.39 is 12.0 Å². The van der Waals surface area contributed by atoms with Crippen LogP contribution in [0.4, 0.5) is 8.78 Å². The van der Waals surface area contributed by atoms with Gasteiger partial charge in [-0.15, -0.1) is 0 Å². The molecular formula is C21H30F2O3. The van der Waals surface area contributed by atoms with Crippen molar-refractivity contribution in [2.45, 2.75) is 70.3 Å². The second-order valence-electron chi connectivity index (χ2n) is 6.34. The summed E-state index contributed by atoms with van der Waals surface area (Å²) in [6, 6.07) is 6.65. The van der Waals surface area contributed by atoms with Gasteiger partial charge in [0.2, 0.25) is 0 Å². The summed E-state index contributed by atoms with van der Waals surface area (Å²) in [7, 11) is 1.48. The number of aliphatic hydroxyl groups is 1. The Morgan fingerprint density at radius 2 is 1.73 bits per heavy atom. The third-order valence-corrected chi connectivity index (χ3v) is 4.03. The van der Waals surface area contributed by atoms with Gasteiger partial charge in [-0.3, -0.25) is 0 Å². The van der Waals surface area contributed by atoms with Crippen LogP contribution in [-0.2, 0) is 4.74 Å². The van der Waals surface area contributed by atoms with E-state index in [2.05, 4.69) is 12.8 Å². The molecule has 1 aromatic carbocycles. The van der Waals surface area contributed by atoms with Gasteiger partial charge in [0.1, 0.15) is 11.9 Å². The lowest BCUT2D eigenvalue weighted by Crippen LogP contribution is -2.13. The predicted octanol–water partition coefficient (Wildman–Crippen LogP) is 5.48. The molecular weight excluding hydrogens is 338 g/mol. The van der Waals surface area contributed by atoms with Crippen molar-refractivity contribution in [1.29, 1.82) is 0 Å². The zero-order valence-corrected chi connectivity index (χ0v) is 15.8. The first kappa shape index (κ1) is 22.4. The van der Waals surface area contributed by atoms with Gasteiger partial charge in [0.15, 0.2) is 6.79 Å². The van der Waals surface area contributed by atoms with Gasteiger partial charge in [-0.1, -0.05) is 69.6 Å². The van der Waals surface area contributed by atoms with Crippen LogP contribution >= 0.6 is 0 Å². The molecule has 0 heterocycles. The SMILES string of the molecule is CCCCCCCCCC(F)(F)C#CC(O)c1ccccc1OCOC. The number of alkyl halides is 2. The molecule has 146 valence electrons. The van der Waals surface area contributed by atoms with Crippen LogP contribution in [0.1, 0.15) is 70.0 Å². The molecule has 1 rings (SSSR count). The van der Waals surface area contributed by atoms with Gasteiger partial charge >= 0.3 is 5.92 Å². The summed E-state index contributed by atoms with van der Waals surface area (Å²) in [5.74, 6) is 1.47. The average molecular weight is 368 g/mol. The summed E-state index contributed by atoms with van der Waals surface area (Å²) in [6.07, 6.45) is 5.26. The molecule has 1 atom stereocenters. The number of para-hydroxylation sites is 1.